The molecule has 1 aromatic carbocycles. The number of aryl methyl sites for hydroxylation is 1. The molecule has 0 saturated carbocycles. The van der Waals surface area contributed by atoms with Crippen LogP contribution in [0.3, 0.4) is 0 Å². The lowest BCUT2D eigenvalue weighted by atomic mass is 10.3. The molecule has 3 rings (SSSR count). The normalized spacial score (nSPS) is 12.2. The van der Waals surface area contributed by atoms with Gasteiger partial charge in [-0.05, 0) is 19.1 Å². The Morgan fingerprint density at radius 3 is 2.60 bits per heavy atom. The Balaban J connectivity index is 1.76. The summed E-state index contributed by atoms with van der Waals surface area (Å²) in [5.41, 5.74) is 1.10. The number of aliphatic hydroxyl groups excluding tert-OH is 1. The third-order valence-electron chi connectivity index (χ3n) is 3.78. The predicted octanol–water partition coefficient (Wildman–Crippen LogP) is 1.11. The minimum Gasteiger partial charge on any atom is -0.389 e. The molecule has 2 aromatic heterocycles. The van der Waals surface area contributed by atoms with Crippen molar-refractivity contribution >= 4 is 5.69 Å². The van der Waals surface area contributed by atoms with Gasteiger partial charge >= 0.3 is 11.4 Å². The van der Waals surface area contributed by atoms with Gasteiger partial charge in [0.1, 0.15) is 12.4 Å². The number of para-hydroxylation sites is 1. The number of aliphatic hydroxyl groups is 1. The van der Waals surface area contributed by atoms with Crippen molar-refractivity contribution in [2.75, 3.05) is 0 Å². The SMILES string of the molecule is Cc1cn(CC(O)Cn2cc([N+](=O)[O-])cn2)c(=O)n1-c1ccccc1. The Morgan fingerprint density at radius 2 is 1.96 bits per heavy atom. The van der Waals surface area contributed by atoms with Gasteiger partial charge in [0.25, 0.3) is 0 Å². The summed E-state index contributed by atoms with van der Waals surface area (Å²) in [6.45, 7) is 1.93. The van der Waals surface area contributed by atoms with Crippen molar-refractivity contribution in [3.05, 3.63) is 75.2 Å². The van der Waals surface area contributed by atoms with Gasteiger partial charge in [0, 0.05) is 11.9 Å². The first kappa shape index (κ1) is 16.7. The molecular weight excluding hydrogens is 326 g/mol. The van der Waals surface area contributed by atoms with Gasteiger partial charge in [0.05, 0.1) is 29.8 Å². The van der Waals surface area contributed by atoms with Crippen molar-refractivity contribution in [3.63, 3.8) is 0 Å². The van der Waals surface area contributed by atoms with Crippen LogP contribution in [0.5, 0.6) is 0 Å². The summed E-state index contributed by atoms with van der Waals surface area (Å²) in [6, 6.07) is 9.22. The van der Waals surface area contributed by atoms with Gasteiger partial charge in [-0.3, -0.25) is 23.9 Å². The molecule has 0 fully saturated rings. The molecule has 3 aromatic rings. The molecule has 0 saturated heterocycles. The highest BCUT2D eigenvalue weighted by Gasteiger charge is 2.15. The van der Waals surface area contributed by atoms with E-state index in [0.29, 0.717) is 0 Å². The number of hydrogen-bond acceptors (Lipinski definition) is 5. The van der Waals surface area contributed by atoms with Gasteiger partial charge in [-0.15, -0.1) is 0 Å². The van der Waals surface area contributed by atoms with Gasteiger partial charge in [-0.25, -0.2) is 4.79 Å². The number of imidazole rings is 1. The molecule has 0 aliphatic carbocycles. The quantitative estimate of drug-likeness (QED) is 0.533. The molecule has 9 heteroatoms. The van der Waals surface area contributed by atoms with E-state index in [1.54, 1.807) is 10.8 Å². The fourth-order valence-electron chi connectivity index (χ4n) is 2.69. The molecule has 9 nitrogen and oxygen atoms in total. The number of hydrogen-bond donors (Lipinski definition) is 1. The van der Waals surface area contributed by atoms with Crippen molar-refractivity contribution in [2.24, 2.45) is 0 Å². The van der Waals surface area contributed by atoms with Crippen LogP contribution in [-0.2, 0) is 13.1 Å². The van der Waals surface area contributed by atoms with Crippen LogP contribution in [-0.4, -0.2) is 35.0 Å². The van der Waals surface area contributed by atoms with Crippen molar-refractivity contribution in [2.45, 2.75) is 26.1 Å². The molecule has 2 heterocycles. The molecule has 0 radical (unpaired) electrons. The summed E-state index contributed by atoms with van der Waals surface area (Å²) in [6.07, 6.45) is 3.12. The van der Waals surface area contributed by atoms with E-state index in [9.17, 15) is 20.0 Å². The Labute approximate surface area is 142 Å². The van der Waals surface area contributed by atoms with Crippen LogP contribution < -0.4 is 5.69 Å². The topological polar surface area (TPSA) is 108 Å². The van der Waals surface area contributed by atoms with Crippen molar-refractivity contribution in [3.8, 4) is 5.69 Å². The summed E-state index contributed by atoms with van der Waals surface area (Å²) in [5, 5.41) is 24.7. The zero-order valence-electron chi connectivity index (χ0n) is 13.5. The average Bonchev–Trinajstić information content (AvgIpc) is 3.13. The Hall–Kier alpha value is -3.20. The largest absolute Gasteiger partial charge is 0.389 e. The number of nitrogens with zero attached hydrogens (tertiary/aromatic N) is 5. The minimum atomic E-state index is -0.914. The Kier molecular flexibility index (Phi) is 4.48. The highest BCUT2D eigenvalue weighted by atomic mass is 16.6. The summed E-state index contributed by atoms with van der Waals surface area (Å²) < 4.78 is 4.27. The molecule has 0 spiro atoms. The van der Waals surface area contributed by atoms with Gasteiger partial charge in [-0.1, -0.05) is 18.2 Å². The molecule has 1 unspecified atom stereocenters. The first-order valence-electron chi connectivity index (χ1n) is 7.65. The maximum Gasteiger partial charge on any atom is 0.333 e. The third kappa shape index (κ3) is 3.50. The monoisotopic (exact) mass is 343 g/mol. The lowest BCUT2D eigenvalue weighted by molar-refractivity contribution is -0.385. The number of benzene rings is 1. The molecule has 0 bridgehead atoms. The Morgan fingerprint density at radius 1 is 1.24 bits per heavy atom. The van der Waals surface area contributed by atoms with E-state index in [4.69, 9.17) is 0 Å². The first-order valence-corrected chi connectivity index (χ1v) is 7.65. The summed E-state index contributed by atoms with van der Waals surface area (Å²) >= 11 is 0. The van der Waals surface area contributed by atoms with E-state index in [1.807, 2.05) is 37.3 Å². The lowest BCUT2D eigenvalue weighted by Crippen LogP contribution is -2.30. The van der Waals surface area contributed by atoms with Crippen LogP contribution in [0.4, 0.5) is 5.69 Å². The average molecular weight is 343 g/mol. The maximum atomic E-state index is 12.6. The summed E-state index contributed by atoms with van der Waals surface area (Å²) in [4.78, 5) is 22.7. The van der Waals surface area contributed by atoms with Crippen LogP contribution >= 0.6 is 0 Å². The standard InChI is InChI=1S/C16H17N5O4/c1-12-8-18(16(23)20(12)13-5-3-2-4-6-13)10-15(22)11-19-9-14(7-17-19)21(24)25/h2-9,15,22H,10-11H2,1H3. The van der Waals surface area contributed by atoms with Crippen LogP contribution in [0.15, 0.2) is 53.7 Å². The summed E-state index contributed by atoms with van der Waals surface area (Å²) in [5.74, 6) is 0. The fraction of sp³-hybridized carbons (Fsp3) is 0.250. The lowest BCUT2D eigenvalue weighted by Gasteiger charge is -2.10. The number of nitro groups is 1. The van der Waals surface area contributed by atoms with Crippen LogP contribution in [0.2, 0.25) is 0 Å². The van der Waals surface area contributed by atoms with Crippen LogP contribution in [0.25, 0.3) is 5.69 Å². The minimum absolute atomic E-state index is 0.0514. The highest BCUT2D eigenvalue weighted by molar-refractivity contribution is 5.33. The van der Waals surface area contributed by atoms with E-state index in [0.717, 1.165) is 17.6 Å². The van der Waals surface area contributed by atoms with Gasteiger partial charge in [-0.2, -0.15) is 5.10 Å². The van der Waals surface area contributed by atoms with Crippen LogP contribution in [0.1, 0.15) is 5.69 Å². The second kappa shape index (κ2) is 6.73. The van der Waals surface area contributed by atoms with E-state index in [1.165, 1.54) is 15.4 Å². The summed E-state index contributed by atoms with van der Waals surface area (Å²) in [7, 11) is 0. The van der Waals surface area contributed by atoms with Gasteiger partial charge in [0.15, 0.2) is 0 Å². The zero-order valence-corrected chi connectivity index (χ0v) is 13.5. The van der Waals surface area contributed by atoms with E-state index >= 15 is 0 Å². The molecule has 25 heavy (non-hydrogen) atoms. The molecule has 0 aliphatic rings. The van der Waals surface area contributed by atoms with Gasteiger partial charge in [0.2, 0.25) is 0 Å². The molecule has 1 atom stereocenters. The van der Waals surface area contributed by atoms with E-state index in [2.05, 4.69) is 5.10 Å². The zero-order chi connectivity index (χ0) is 18.0. The molecule has 0 amide bonds. The van der Waals surface area contributed by atoms with Crippen molar-refractivity contribution in [1.82, 2.24) is 18.9 Å². The van der Waals surface area contributed by atoms with Crippen LogP contribution in [0, 0.1) is 17.0 Å². The maximum absolute atomic E-state index is 12.6. The first-order chi connectivity index (χ1) is 12.0. The molecular formula is C16H17N5O4. The second-order valence-electron chi connectivity index (χ2n) is 5.71. The second-order valence-corrected chi connectivity index (χ2v) is 5.71. The predicted molar refractivity (Wildman–Crippen MR) is 89.7 cm³/mol. The molecule has 1 N–H and O–H groups in total. The number of aromatic nitrogens is 4. The molecule has 130 valence electrons. The van der Waals surface area contributed by atoms with E-state index < -0.39 is 11.0 Å². The molecule has 0 aliphatic heterocycles. The number of rotatable bonds is 6. The third-order valence-corrected chi connectivity index (χ3v) is 3.78. The fourth-order valence-corrected chi connectivity index (χ4v) is 2.69. The van der Waals surface area contributed by atoms with Gasteiger partial charge < -0.3 is 5.11 Å². The van der Waals surface area contributed by atoms with Crippen molar-refractivity contribution in [1.29, 1.82) is 0 Å². The van der Waals surface area contributed by atoms with Crippen molar-refractivity contribution < 1.29 is 10.0 Å². The smallest absolute Gasteiger partial charge is 0.333 e. The Bertz CT molecular complexity index is 941. The highest BCUT2D eigenvalue weighted by Crippen LogP contribution is 2.10. The van der Waals surface area contributed by atoms with E-state index in [-0.39, 0.29) is 24.5 Å².